The molecule has 1 aromatic heterocycles. The molecule has 0 spiro atoms. The highest BCUT2D eigenvalue weighted by atomic mass is 17.0. The van der Waals surface area contributed by atoms with Gasteiger partial charge in [0.25, 0.3) is 6.29 Å². The minimum atomic E-state index is -0.759. The van der Waals surface area contributed by atoms with E-state index in [2.05, 4.69) is 4.74 Å². The molecule has 1 aromatic rings. The van der Waals surface area contributed by atoms with Crippen LogP contribution >= 0.6 is 0 Å². The first kappa shape index (κ1) is 10.8. The van der Waals surface area contributed by atoms with Crippen molar-refractivity contribution >= 4 is 6.16 Å². The van der Waals surface area contributed by atoms with Crippen molar-refractivity contribution < 1.29 is 23.7 Å². The molecule has 1 aliphatic heterocycles. The average Bonchev–Trinajstić information content (AvgIpc) is 2.80. The first-order valence-corrected chi connectivity index (χ1v) is 5.24. The highest BCUT2D eigenvalue weighted by Crippen LogP contribution is 2.08. The lowest BCUT2D eigenvalue weighted by Crippen LogP contribution is -2.44. The van der Waals surface area contributed by atoms with E-state index in [-0.39, 0.29) is 6.61 Å². The van der Waals surface area contributed by atoms with Crippen LogP contribution in [-0.2, 0) is 9.47 Å². The van der Waals surface area contributed by atoms with Gasteiger partial charge < -0.3 is 14.3 Å². The van der Waals surface area contributed by atoms with Crippen molar-refractivity contribution in [2.45, 2.75) is 26.6 Å². The van der Waals surface area contributed by atoms with Gasteiger partial charge in [-0.2, -0.15) is 4.63 Å². The van der Waals surface area contributed by atoms with Crippen LogP contribution in [0.1, 0.15) is 20.3 Å². The van der Waals surface area contributed by atoms with Gasteiger partial charge in [0.05, 0.1) is 6.61 Å². The summed E-state index contributed by atoms with van der Waals surface area (Å²) < 4.78 is 14.3. The molecule has 2 rings (SSSR count). The van der Waals surface area contributed by atoms with Crippen LogP contribution in [0, 0.1) is 0 Å². The van der Waals surface area contributed by atoms with E-state index >= 15 is 0 Å². The predicted octanol–water partition coefficient (Wildman–Crippen LogP) is 0.172. The van der Waals surface area contributed by atoms with Crippen LogP contribution in [-0.4, -0.2) is 42.1 Å². The number of carbonyl (C=O) groups is 1. The summed E-state index contributed by atoms with van der Waals surface area (Å²) in [5, 5.41) is 3.10. The quantitative estimate of drug-likeness (QED) is 0.533. The molecule has 1 aliphatic rings. The molecule has 8 heteroatoms. The smallest absolute Gasteiger partial charge is 0.435 e. The molecule has 0 amide bonds. The Hall–Kier alpha value is -1.73. The molecule has 0 radical (unpaired) electrons. The fourth-order valence-electron chi connectivity index (χ4n) is 1.17. The Balaban J connectivity index is 1.68. The Morgan fingerprint density at radius 3 is 2.81 bits per heavy atom. The molecule has 0 aromatic carbocycles. The van der Waals surface area contributed by atoms with Gasteiger partial charge in [-0.15, -0.1) is 0 Å². The van der Waals surface area contributed by atoms with Crippen LogP contribution in [0.3, 0.4) is 0 Å². The third kappa shape index (κ3) is 2.44. The Labute approximate surface area is 92.0 Å². The fraction of sp³-hybridized carbons (Fsp3) is 0.875. The van der Waals surface area contributed by atoms with Crippen LogP contribution in [0.25, 0.3) is 0 Å². The van der Waals surface area contributed by atoms with Gasteiger partial charge in [-0.1, -0.05) is 0 Å². The third-order valence-electron chi connectivity index (χ3n) is 2.10. The lowest BCUT2D eigenvalue weighted by atomic mass is 10.3. The second-order valence-corrected chi connectivity index (χ2v) is 3.35. The van der Waals surface area contributed by atoms with Gasteiger partial charge in [-0.3, -0.25) is 5.01 Å². The lowest BCUT2D eigenvalue weighted by Gasteiger charge is -2.25. The molecule has 0 aliphatic carbocycles. The van der Waals surface area contributed by atoms with Crippen molar-refractivity contribution in [3.8, 4) is 0 Å². The van der Waals surface area contributed by atoms with Gasteiger partial charge in [0.2, 0.25) is 0 Å². The van der Waals surface area contributed by atoms with E-state index in [1.54, 1.807) is 13.8 Å². The zero-order chi connectivity index (χ0) is 11.5. The topological polar surface area (TPSA) is 71.0 Å². The fourth-order valence-corrected chi connectivity index (χ4v) is 1.17. The van der Waals surface area contributed by atoms with Crippen LogP contribution in [0.5, 0.6) is 0 Å². The van der Waals surface area contributed by atoms with Crippen molar-refractivity contribution in [1.29, 1.82) is 0 Å². The average molecular weight is 233 g/mol. The van der Waals surface area contributed by atoms with Crippen molar-refractivity contribution in [2.75, 3.05) is 24.7 Å². The van der Waals surface area contributed by atoms with Gasteiger partial charge in [-0.05, 0) is 13.3 Å². The third-order valence-corrected chi connectivity index (χ3v) is 2.10. The summed E-state index contributed by atoms with van der Waals surface area (Å²) in [6, 6.07) is 0. The number of hydrogen-bond donors (Lipinski definition) is 0. The van der Waals surface area contributed by atoms with Crippen molar-refractivity contribution in [3.05, 3.63) is 0 Å². The molecular weight excluding hydrogens is 218 g/mol. The maximum atomic E-state index is 10.9. The maximum absolute atomic E-state index is 10.9. The Bertz CT molecular complexity index is 337. The van der Waals surface area contributed by atoms with Crippen molar-refractivity contribution in [2.24, 2.45) is 0 Å². The zero-order valence-electron chi connectivity index (χ0n) is 9.29. The number of hydrogen-bond acceptors (Lipinski definition) is 6. The molecule has 1 unspecified atom stereocenters. The number of nitrogens with zero attached hydrogens (tertiary/aromatic N) is 3. The summed E-state index contributed by atoms with van der Waals surface area (Å²) in [6.45, 7) is 5.42. The van der Waals surface area contributed by atoms with Crippen LogP contribution in [0.15, 0.2) is 4.63 Å². The maximum Gasteiger partial charge on any atom is 0.511 e. The molecular formula is C8H15N3O5. The Morgan fingerprint density at radius 1 is 1.50 bits per heavy atom. The van der Waals surface area contributed by atoms with E-state index in [0.717, 1.165) is 24.5 Å². The molecule has 8 nitrogen and oxygen atoms in total. The molecule has 0 saturated carbocycles. The van der Waals surface area contributed by atoms with Crippen molar-refractivity contribution in [3.63, 3.8) is 0 Å². The summed E-state index contributed by atoms with van der Waals surface area (Å²) in [5.74, 6) is 0. The molecule has 2 heterocycles. The normalized spacial score (nSPS) is 16.8. The Kier molecular flexibility index (Phi) is 2.97. The highest BCUT2D eigenvalue weighted by Gasteiger charge is 2.27. The van der Waals surface area contributed by atoms with Gasteiger partial charge in [-0.25, -0.2) is 4.79 Å². The van der Waals surface area contributed by atoms with Gasteiger partial charge in [0.15, 0.2) is 0 Å². The van der Waals surface area contributed by atoms with Gasteiger partial charge in [0.1, 0.15) is 5.02 Å². The van der Waals surface area contributed by atoms with E-state index in [1.807, 2.05) is 5.01 Å². The molecule has 16 heavy (non-hydrogen) atoms. The Morgan fingerprint density at radius 2 is 2.25 bits per heavy atom. The van der Waals surface area contributed by atoms with Crippen molar-refractivity contribution in [1.82, 2.24) is 9.98 Å². The number of rotatable bonds is 5. The molecule has 1 fully saturated rings. The molecule has 1 saturated heterocycles. The summed E-state index contributed by atoms with van der Waals surface area (Å²) in [6.07, 6.45) is -0.375. The van der Waals surface area contributed by atoms with Gasteiger partial charge in [0, 0.05) is 25.0 Å². The molecule has 0 bridgehead atoms. The monoisotopic (exact) mass is 233 g/mol. The van der Waals surface area contributed by atoms with E-state index in [1.165, 1.54) is 4.96 Å². The lowest BCUT2D eigenvalue weighted by molar-refractivity contribution is -0.133. The predicted molar refractivity (Wildman–Crippen MR) is 51.4 cm³/mol. The minimum absolute atomic E-state index is 0.270. The highest BCUT2D eigenvalue weighted by molar-refractivity contribution is 5.59. The van der Waals surface area contributed by atoms with E-state index in [4.69, 9.17) is 14.2 Å². The standard InChI is InChI=1S/C8H15N3O5/c1-3-13-8(12)14-7(2)15-11-10(16-11)9-5-4-6-9/h7H,3-6H2,1-2H3. The molecule has 0 N–H and O–H groups in total. The first-order chi connectivity index (χ1) is 7.70. The SMILES string of the molecule is CCOC(=O)OC(C)On1on1N1CCC1. The summed E-state index contributed by atoms with van der Waals surface area (Å²) in [5.41, 5.74) is 0. The van der Waals surface area contributed by atoms with Gasteiger partial charge >= 0.3 is 6.16 Å². The van der Waals surface area contributed by atoms with E-state index in [9.17, 15) is 4.79 Å². The number of ether oxygens (including phenoxy) is 2. The number of carbonyl (C=O) groups excluding carboxylic acids is 1. The second kappa shape index (κ2) is 4.42. The second-order valence-electron chi connectivity index (χ2n) is 3.35. The van der Waals surface area contributed by atoms with Crippen LogP contribution in [0.2, 0.25) is 0 Å². The van der Waals surface area contributed by atoms with E-state index in [0.29, 0.717) is 0 Å². The zero-order valence-corrected chi connectivity index (χ0v) is 9.29. The van der Waals surface area contributed by atoms with E-state index < -0.39 is 12.4 Å². The van der Waals surface area contributed by atoms with Crippen LogP contribution in [0.4, 0.5) is 4.79 Å². The largest absolute Gasteiger partial charge is 0.511 e. The summed E-state index contributed by atoms with van der Waals surface area (Å²) >= 11 is 0. The summed E-state index contributed by atoms with van der Waals surface area (Å²) in [4.78, 5) is 17.5. The van der Waals surface area contributed by atoms with Crippen LogP contribution < -0.4 is 9.85 Å². The molecule has 1 atom stereocenters. The number of aromatic nitrogens is 2. The minimum Gasteiger partial charge on any atom is -0.435 e. The first-order valence-electron chi connectivity index (χ1n) is 5.24. The molecule has 92 valence electrons. The summed E-state index contributed by atoms with van der Waals surface area (Å²) in [7, 11) is 0.